The molecule has 0 N–H and O–H groups in total. The Balaban J connectivity index is 1.46. The van der Waals surface area contributed by atoms with Crippen molar-refractivity contribution in [2.45, 2.75) is 25.9 Å². The number of aryl methyl sites for hydroxylation is 1. The first-order valence-corrected chi connectivity index (χ1v) is 9.09. The van der Waals surface area contributed by atoms with Gasteiger partial charge in [0.15, 0.2) is 6.61 Å². The molecule has 1 saturated heterocycles. The molecule has 1 amide bonds. The molecule has 1 aliphatic heterocycles. The summed E-state index contributed by atoms with van der Waals surface area (Å²) in [4.78, 5) is 22.4. The quantitative estimate of drug-likeness (QED) is 0.774. The van der Waals surface area contributed by atoms with Crippen molar-refractivity contribution in [3.63, 3.8) is 0 Å². The average Bonchev–Trinajstić information content (AvgIpc) is 2.61. The largest absolute Gasteiger partial charge is 0.482 e. The number of hydrogen-bond acceptors (Lipinski definition) is 5. The number of nitrogens with zero attached hydrogens (tertiary/aromatic N) is 3. The van der Waals surface area contributed by atoms with Gasteiger partial charge in [-0.2, -0.15) is 4.98 Å². The predicted octanol–water partition coefficient (Wildman–Crippen LogP) is 3.54. The molecule has 2 aromatic rings. The highest BCUT2D eigenvalue weighted by Gasteiger charge is 2.24. The minimum absolute atomic E-state index is 0.0416. The van der Waals surface area contributed by atoms with E-state index in [9.17, 15) is 4.79 Å². The number of ether oxygens (including phenoxy) is 2. The van der Waals surface area contributed by atoms with E-state index in [4.69, 9.17) is 32.7 Å². The van der Waals surface area contributed by atoms with Crippen LogP contribution in [0, 0.1) is 6.92 Å². The molecule has 6 nitrogen and oxygen atoms in total. The number of piperidine rings is 1. The molecule has 0 unspecified atom stereocenters. The number of halogens is 2. The first kappa shape index (κ1) is 18.7. The van der Waals surface area contributed by atoms with Crippen molar-refractivity contribution in [2.24, 2.45) is 0 Å². The summed E-state index contributed by atoms with van der Waals surface area (Å²) in [5, 5.41) is 0.909. The number of hydrogen-bond donors (Lipinski definition) is 0. The maximum atomic E-state index is 12.3. The van der Waals surface area contributed by atoms with Crippen molar-refractivity contribution < 1.29 is 14.3 Å². The molecule has 1 aliphatic rings. The van der Waals surface area contributed by atoms with E-state index in [2.05, 4.69) is 9.97 Å². The van der Waals surface area contributed by atoms with Crippen LogP contribution >= 0.6 is 23.2 Å². The number of likely N-dealkylation sites (tertiary alicyclic amines) is 1. The molecule has 0 atom stereocenters. The topological polar surface area (TPSA) is 64.5 Å². The first-order valence-electron chi connectivity index (χ1n) is 8.33. The molecule has 26 heavy (non-hydrogen) atoms. The number of rotatable bonds is 5. The molecule has 8 heteroatoms. The maximum absolute atomic E-state index is 12.3. The Morgan fingerprint density at radius 1 is 1.27 bits per heavy atom. The third-order valence-corrected chi connectivity index (χ3v) is 4.61. The molecule has 1 fully saturated rings. The van der Waals surface area contributed by atoms with E-state index in [0.717, 1.165) is 12.8 Å². The Bertz CT molecular complexity index is 780. The molecule has 2 heterocycles. The SMILES string of the molecule is Cc1nccc(OC2CCN(C(=O)COc3ccc(Cl)cc3Cl)CC2)n1. The third-order valence-electron chi connectivity index (χ3n) is 4.08. The smallest absolute Gasteiger partial charge is 0.260 e. The lowest BCUT2D eigenvalue weighted by Crippen LogP contribution is -2.43. The predicted molar refractivity (Wildman–Crippen MR) is 99.0 cm³/mol. The van der Waals surface area contributed by atoms with Gasteiger partial charge in [-0.05, 0) is 25.1 Å². The van der Waals surface area contributed by atoms with Crippen LogP contribution in [0.5, 0.6) is 11.6 Å². The van der Waals surface area contributed by atoms with Crippen molar-refractivity contribution >= 4 is 29.1 Å². The second-order valence-corrected chi connectivity index (χ2v) is 6.85. The summed E-state index contributed by atoms with van der Waals surface area (Å²) in [7, 11) is 0. The summed E-state index contributed by atoms with van der Waals surface area (Å²) in [5.74, 6) is 1.62. The van der Waals surface area contributed by atoms with Gasteiger partial charge >= 0.3 is 0 Å². The second kappa shape index (κ2) is 8.56. The van der Waals surface area contributed by atoms with Gasteiger partial charge in [-0.3, -0.25) is 4.79 Å². The monoisotopic (exact) mass is 395 g/mol. The van der Waals surface area contributed by atoms with E-state index in [1.54, 1.807) is 35.4 Å². The van der Waals surface area contributed by atoms with E-state index in [1.165, 1.54) is 0 Å². The number of carbonyl (C=O) groups is 1. The van der Waals surface area contributed by atoms with Gasteiger partial charge in [0.1, 0.15) is 17.7 Å². The molecular formula is C18H19Cl2N3O3. The number of benzene rings is 1. The molecule has 0 aliphatic carbocycles. The van der Waals surface area contributed by atoms with E-state index < -0.39 is 0 Å². The Kier molecular flexibility index (Phi) is 6.16. The van der Waals surface area contributed by atoms with Gasteiger partial charge in [-0.25, -0.2) is 4.98 Å². The normalized spacial score (nSPS) is 15.0. The summed E-state index contributed by atoms with van der Waals surface area (Å²) >= 11 is 11.9. The molecule has 0 saturated carbocycles. The van der Waals surface area contributed by atoms with E-state index in [-0.39, 0.29) is 18.6 Å². The molecule has 3 rings (SSSR count). The van der Waals surface area contributed by atoms with Crippen molar-refractivity contribution in [2.75, 3.05) is 19.7 Å². The van der Waals surface area contributed by atoms with Gasteiger partial charge < -0.3 is 14.4 Å². The highest BCUT2D eigenvalue weighted by Crippen LogP contribution is 2.27. The Labute approximate surface area is 162 Å². The minimum Gasteiger partial charge on any atom is -0.482 e. The van der Waals surface area contributed by atoms with E-state index in [1.807, 2.05) is 6.92 Å². The molecule has 0 bridgehead atoms. The highest BCUT2D eigenvalue weighted by molar-refractivity contribution is 6.35. The fourth-order valence-corrected chi connectivity index (χ4v) is 3.18. The fourth-order valence-electron chi connectivity index (χ4n) is 2.72. The summed E-state index contributed by atoms with van der Waals surface area (Å²) in [5.41, 5.74) is 0. The summed E-state index contributed by atoms with van der Waals surface area (Å²) < 4.78 is 11.4. The molecule has 0 spiro atoms. The number of aromatic nitrogens is 2. The van der Waals surface area contributed by atoms with Crippen LogP contribution in [0.4, 0.5) is 0 Å². The van der Waals surface area contributed by atoms with Crippen LogP contribution in [-0.4, -0.2) is 46.6 Å². The minimum atomic E-state index is -0.0765. The lowest BCUT2D eigenvalue weighted by Gasteiger charge is -2.31. The van der Waals surface area contributed by atoms with Crippen LogP contribution in [0.15, 0.2) is 30.5 Å². The van der Waals surface area contributed by atoms with Crippen molar-refractivity contribution in [1.82, 2.24) is 14.9 Å². The highest BCUT2D eigenvalue weighted by atomic mass is 35.5. The molecule has 1 aromatic heterocycles. The van der Waals surface area contributed by atoms with Gasteiger partial charge in [0.05, 0.1) is 5.02 Å². The van der Waals surface area contributed by atoms with Crippen LogP contribution in [0.3, 0.4) is 0 Å². The van der Waals surface area contributed by atoms with E-state index in [0.29, 0.717) is 40.6 Å². The average molecular weight is 396 g/mol. The van der Waals surface area contributed by atoms with Gasteiger partial charge in [0.2, 0.25) is 5.88 Å². The second-order valence-electron chi connectivity index (χ2n) is 6.00. The van der Waals surface area contributed by atoms with Crippen LogP contribution in [0.1, 0.15) is 18.7 Å². The van der Waals surface area contributed by atoms with Crippen LogP contribution in [0.25, 0.3) is 0 Å². The van der Waals surface area contributed by atoms with Crippen LogP contribution in [0.2, 0.25) is 10.0 Å². The molecule has 138 valence electrons. The van der Waals surface area contributed by atoms with E-state index >= 15 is 0 Å². The zero-order chi connectivity index (χ0) is 18.5. The van der Waals surface area contributed by atoms with Gasteiger partial charge in [0, 0.05) is 43.2 Å². The van der Waals surface area contributed by atoms with Gasteiger partial charge in [-0.15, -0.1) is 0 Å². The van der Waals surface area contributed by atoms with Crippen molar-refractivity contribution in [3.8, 4) is 11.6 Å². The zero-order valence-electron chi connectivity index (χ0n) is 14.3. The molecular weight excluding hydrogens is 377 g/mol. The Morgan fingerprint density at radius 3 is 2.73 bits per heavy atom. The lowest BCUT2D eigenvalue weighted by molar-refractivity contribution is -0.135. The standard InChI is InChI=1S/C18H19Cl2N3O3/c1-12-21-7-4-17(22-12)26-14-5-8-23(9-6-14)18(24)11-25-16-3-2-13(19)10-15(16)20/h2-4,7,10,14H,5-6,8-9,11H2,1H3. The summed E-state index contributed by atoms with van der Waals surface area (Å²) in [6.07, 6.45) is 3.21. The third kappa shape index (κ3) is 4.99. The number of carbonyl (C=O) groups excluding carboxylic acids is 1. The van der Waals surface area contributed by atoms with Crippen LogP contribution < -0.4 is 9.47 Å². The Morgan fingerprint density at radius 2 is 2.04 bits per heavy atom. The lowest BCUT2D eigenvalue weighted by atomic mass is 10.1. The number of amides is 1. The molecule has 1 aromatic carbocycles. The fraction of sp³-hybridized carbons (Fsp3) is 0.389. The zero-order valence-corrected chi connectivity index (χ0v) is 15.8. The first-order chi connectivity index (χ1) is 12.5. The summed E-state index contributed by atoms with van der Waals surface area (Å²) in [6.45, 7) is 3.00. The van der Waals surface area contributed by atoms with Crippen LogP contribution in [-0.2, 0) is 4.79 Å². The maximum Gasteiger partial charge on any atom is 0.260 e. The van der Waals surface area contributed by atoms with Crippen molar-refractivity contribution in [1.29, 1.82) is 0 Å². The van der Waals surface area contributed by atoms with Gasteiger partial charge in [-0.1, -0.05) is 23.2 Å². The van der Waals surface area contributed by atoms with Crippen molar-refractivity contribution in [3.05, 3.63) is 46.3 Å². The summed E-state index contributed by atoms with van der Waals surface area (Å²) in [6, 6.07) is 6.65. The van der Waals surface area contributed by atoms with Gasteiger partial charge in [0.25, 0.3) is 5.91 Å². The molecule has 0 radical (unpaired) electrons. The Hall–Kier alpha value is -2.05.